The predicted molar refractivity (Wildman–Crippen MR) is 125 cm³/mol. The smallest absolute Gasteiger partial charge is 0.162 e. The van der Waals surface area contributed by atoms with Gasteiger partial charge < -0.3 is 15.5 Å². The molecule has 0 unspecified atom stereocenters. The summed E-state index contributed by atoms with van der Waals surface area (Å²) in [5, 5.41) is 7.59. The molecule has 0 atom stereocenters. The molecule has 4 aromatic rings. The summed E-state index contributed by atoms with van der Waals surface area (Å²) in [7, 11) is 0. The van der Waals surface area contributed by atoms with Gasteiger partial charge in [0.05, 0.1) is 11.7 Å². The van der Waals surface area contributed by atoms with Crippen LogP contribution in [0.25, 0.3) is 22.3 Å². The van der Waals surface area contributed by atoms with Crippen molar-refractivity contribution in [1.82, 2.24) is 30.2 Å². The number of pyridine rings is 3. The van der Waals surface area contributed by atoms with Gasteiger partial charge in [0, 0.05) is 61.8 Å². The third kappa shape index (κ3) is 4.07. The van der Waals surface area contributed by atoms with Crippen LogP contribution in [0.4, 0.5) is 21.8 Å². The Morgan fingerprint density at radius 1 is 0.970 bits per heavy atom. The molecule has 5 heterocycles. The molecule has 0 aromatic carbocycles. The molecule has 0 bridgehead atoms. The van der Waals surface area contributed by atoms with E-state index < -0.39 is 0 Å². The molecule has 166 valence electrons. The Bertz CT molecular complexity index is 1320. The van der Waals surface area contributed by atoms with E-state index in [1.165, 1.54) is 36.7 Å². The van der Waals surface area contributed by atoms with Gasteiger partial charge in [-0.15, -0.1) is 0 Å². The SMILES string of the molecule is Fc1ccnc(Nc2cc(-c3nc(N4CCNCC4)c4c(C5CC5)cncc4n3)ccn2)c1. The maximum absolute atomic E-state index is 13.5. The van der Waals surface area contributed by atoms with Gasteiger partial charge in [-0.1, -0.05) is 0 Å². The molecule has 9 heteroatoms. The maximum Gasteiger partial charge on any atom is 0.162 e. The van der Waals surface area contributed by atoms with E-state index in [4.69, 9.17) is 9.97 Å². The quantitative estimate of drug-likeness (QED) is 0.484. The number of aromatic nitrogens is 5. The fourth-order valence-electron chi connectivity index (χ4n) is 4.27. The average molecular weight is 443 g/mol. The first kappa shape index (κ1) is 19.9. The van der Waals surface area contributed by atoms with Crippen LogP contribution in [-0.2, 0) is 0 Å². The van der Waals surface area contributed by atoms with Gasteiger partial charge in [0.15, 0.2) is 5.82 Å². The van der Waals surface area contributed by atoms with Gasteiger partial charge in [0.25, 0.3) is 0 Å². The van der Waals surface area contributed by atoms with Crippen LogP contribution in [0.1, 0.15) is 24.3 Å². The minimum Gasteiger partial charge on any atom is -0.353 e. The lowest BCUT2D eigenvalue weighted by atomic mass is 10.1. The van der Waals surface area contributed by atoms with E-state index in [0.717, 1.165) is 48.5 Å². The highest BCUT2D eigenvalue weighted by Crippen LogP contribution is 2.44. The molecule has 33 heavy (non-hydrogen) atoms. The number of nitrogens with one attached hydrogen (secondary N) is 2. The molecule has 2 N–H and O–H groups in total. The summed E-state index contributed by atoms with van der Waals surface area (Å²) in [5.41, 5.74) is 2.93. The molecule has 1 saturated carbocycles. The Kier molecular flexibility index (Phi) is 5.03. The van der Waals surface area contributed by atoms with E-state index in [2.05, 4.69) is 30.5 Å². The van der Waals surface area contributed by atoms with Crippen molar-refractivity contribution < 1.29 is 4.39 Å². The zero-order valence-electron chi connectivity index (χ0n) is 18.0. The molecule has 8 nitrogen and oxygen atoms in total. The van der Waals surface area contributed by atoms with Crippen molar-refractivity contribution in [3.8, 4) is 11.4 Å². The molecule has 0 amide bonds. The van der Waals surface area contributed by atoms with Crippen LogP contribution in [0.5, 0.6) is 0 Å². The van der Waals surface area contributed by atoms with E-state index >= 15 is 0 Å². The van der Waals surface area contributed by atoms with Gasteiger partial charge in [-0.25, -0.2) is 24.3 Å². The minimum atomic E-state index is -0.360. The topological polar surface area (TPSA) is 91.8 Å². The first-order valence-electron chi connectivity index (χ1n) is 11.2. The Morgan fingerprint density at radius 2 is 1.76 bits per heavy atom. The summed E-state index contributed by atoms with van der Waals surface area (Å²) in [4.78, 5) is 25.3. The van der Waals surface area contributed by atoms with E-state index in [9.17, 15) is 4.39 Å². The van der Waals surface area contributed by atoms with E-state index in [0.29, 0.717) is 23.4 Å². The molecule has 1 saturated heterocycles. The first-order chi connectivity index (χ1) is 16.2. The summed E-state index contributed by atoms with van der Waals surface area (Å²) in [5.74, 6) is 2.71. The van der Waals surface area contributed by atoms with E-state index in [1.807, 2.05) is 24.5 Å². The highest BCUT2D eigenvalue weighted by Gasteiger charge is 2.29. The molecule has 0 spiro atoms. The number of fused-ring (bicyclic) bond motifs is 1. The lowest BCUT2D eigenvalue weighted by Gasteiger charge is -2.30. The summed E-state index contributed by atoms with van der Waals surface area (Å²) in [6.07, 6.45) is 9.30. The molecule has 2 fully saturated rings. The Balaban J connectivity index is 1.44. The average Bonchev–Trinajstić information content (AvgIpc) is 3.69. The minimum absolute atomic E-state index is 0.360. The Morgan fingerprint density at radius 3 is 2.55 bits per heavy atom. The first-order valence-corrected chi connectivity index (χ1v) is 11.2. The monoisotopic (exact) mass is 442 g/mol. The maximum atomic E-state index is 13.5. The third-order valence-corrected chi connectivity index (χ3v) is 6.05. The predicted octanol–water partition coefficient (Wildman–Crippen LogP) is 3.65. The highest BCUT2D eigenvalue weighted by molar-refractivity contribution is 5.94. The van der Waals surface area contributed by atoms with Crippen LogP contribution in [0.15, 0.2) is 49.1 Å². The molecule has 1 aliphatic carbocycles. The molecule has 1 aliphatic heterocycles. The van der Waals surface area contributed by atoms with Crippen molar-refractivity contribution in [3.05, 3.63) is 60.4 Å². The largest absolute Gasteiger partial charge is 0.353 e. The van der Waals surface area contributed by atoms with E-state index in [-0.39, 0.29) is 5.82 Å². The molecule has 4 aromatic heterocycles. The number of hydrogen-bond donors (Lipinski definition) is 2. The lowest BCUT2D eigenvalue weighted by Crippen LogP contribution is -2.44. The van der Waals surface area contributed by atoms with Crippen molar-refractivity contribution in [3.63, 3.8) is 0 Å². The second-order valence-corrected chi connectivity index (χ2v) is 8.42. The van der Waals surface area contributed by atoms with Crippen molar-refractivity contribution in [2.45, 2.75) is 18.8 Å². The van der Waals surface area contributed by atoms with Gasteiger partial charge in [-0.3, -0.25) is 4.98 Å². The van der Waals surface area contributed by atoms with Crippen LogP contribution in [0.3, 0.4) is 0 Å². The molecule has 6 rings (SSSR count). The number of rotatable bonds is 5. The van der Waals surface area contributed by atoms with Crippen LogP contribution in [0.2, 0.25) is 0 Å². The number of nitrogens with zero attached hydrogens (tertiary/aromatic N) is 6. The van der Waals surface area contributed by atoms with Crippen LogP contribution < -0.4 is 15.5 Å². The number of piperazine rings is 1. The summed E-state index contributed by atoms with van der Waals surface area (Å²) >= 11 is 0. The van der Waals surface area contributed by atoms with Crippen LogP contribution in [-0.4, -0.2) is 51.1 Å². The fourth-order valence-corrected chi connectivity index (χ4v) is 4.27. The Labute approximate surface area is 190 Å². The molecular weight excluding hydrogens is 419 g/mol. The van der Waals surface area contributed by atoms with Crippen molar-refractivity contribution in [1.29, 1.82) is 0 Å². The van der Waals surface area contributed by atoms with Crippen LogP contribution in [0, 0.1) is 5.82 Å². The fraction of sp³-hybridized carbons (Fsp3) is 0.292. The summed E-state index contributed by atoms with van der Waals surface area (Å²) in [6.45, 7) is 3.64. The van der Waals surface area contributed by atoms with Gasteiger partial charge >= 0.3 is 0 Å². The van der Waals surface area contributed by atoms with Crippen molar-refractivity contribution >= 4 is 28.4 Å². The molecular formula is C24H23FN8. The van der Waals surface area contributed by atoms with Crippen LogP contribution >= 0.6 is 0 Å². The number of anilines is 3. The highest BCUT2D eigenvalue weighted by atomic mass is 19.1. The second kappa shape index (κ2) is 8.32. The normalized spacial score (nSPS) is 16.2. The van der Waals surface area contributed by atoms with Crippen molar-refractivity contribution in [2.24, 2.45) is 0 Å². The summed E-state index contributed by atoms with van der Waals surface area (Å²) in [6, 6.07) is 6.37. The third-order valence-electron chi connectivity index (χ3n) is 6.05. The number of hydrogen-bond acceptors (Lipinski definition) is 8. The van der Waals surface area contributed by atoms with Crippen molar-refractivity contribution in [2.75, 3.05) is 36.4 Å². The zero-order valence-corrected chi connectivity index (χ0v) is 18.0. The zero-order chi connectivity index (χ0) is 22.2. The molecule has 2 aliphatic rings. The van der Waals surface area contributed by atoms with Gasteiger partial charge in [0.1, 0.15) is 23.3 Å². The summed E-state index contributed by atoms with van der Waals surface area (Å²) < 4.78 is 13.5. The van der Waals surface area contributed by atoms with Gasteiger partial charge in [-0.05, 0) is 42.5 Å². The number of halogens is 1. The van der Waals surface area contributed by atoms with Gasteiger partial charge in [-0.2, -0.15) is 0 Å². The standard InChI is InChI=1S/C24H23FN8/c25-17-4-6-29-21(12-17)31-20-11-16(3-5-28-20)23-30-19-14-27-13-18(15-1-2-15)22(19)24(32-23)33-9-7-26-8-10-33/h3-6,11-15,26H,1-2,7-10H2,(H,28,29,31). The molecule has 0 radical (unpaired) electrons. The van der Waals surface area contributed by atoms with E-state index in [1.54, 1.807) is 6.20 Å². The lowest BCUT2D eigenvalue weighted by molar-refractivity contribution is 0.586. The Hall–Kier alpha value is -3.72. The second-order valence-electron chi connectivity index (χ2n) is 8.42. The van der Waals surface area contributed by atoms with Gasteiger partial charge in [0.2, 0.25) is 0 Å².